The molecule has 0 bridgehead atoms. The van der Waals surface area contributed by atoms with E-state index in [9.17, 15) is 14.4 Å². The van der Waals surface area contributed by atoms with Crippen LogP contribution in [0.3, 0.4) is 0 Å². The number of carbonyl (C=O) groups is 3. The predicted molar refractivity (Wildman–Crippen MR) is 108 cm³/mol. The Bertz CT molecular complexity index is 809. The molecule has 0 unspecified atom stereocenters. The first-order valence-corrected chi connectivity index (χ1v) is 10.3. The van der Waals surface area contributed by atoms with Gasteiger partial charge in [0.1, 0.15) is 0 Å². The molecule has 27 heavy (non-hydrogen) atoms. The number of halogens is 1. The van der Waals surface area contributed by atoms with E-state index in [-0.39, 0.29) is 29.9 Å². The SMILES string of the molecule is CC(C)C(=O)Nc1nc(CC(=O)NNC(=O)CSc2ccc(Cl)cc2)cs1. The van der Waals surface area contributed by atoms with Crippen LogP contribution in [-0.4, -0.2) is 28.5 Å². The summed E-state index contributed by atoms with van der Waals surface area (Å²) in [6.45, 7) is 3.57. The van der Waals surface area contributed by atoms with E-state index in [0.717, 1.165) is 4.90 Å². The van der Waals surface area contributed by atoms with Crippen LogP contribution in [0, 0.1) is 5.92 Å². The van der Waals surface area contributed by atoms with Crippen molar-refractivity contribution >= 4 is 57.6 Å². The third-order valence-electron chi connectivity index (χ3n) is 3.17. The number of thioether (sulfide) groups is 1. The minimum absolute atomic E-state index is 0.00133. The zero-order chi connectivity index (χ0) is 19.8. The second-order valence-electron chi connectivity index (χ2n) is 5.80. The number of hydrazine groups is 1. The highest BCUT2D eigenvalue weighted by Crippen LogP contribution is 2.20. The van der Waals surface area contributed by atoms with Gasteiger partial charge in [0.15, 0.2) is 5.13 Å². The summed E-state index contributed by atoms with van der Waals surface area (Å²) in [4.78, 5) is 40.4. The Morgan fingerprint density at radius 1 is 1.15 bits per heavy atom. The lowest BCUT2D eigenvalue weighted by molar-refractivity contribution is -0.127. The fourth-order valence-corrected chi connectivity index (χ4v) is 3.30. The highest BCUT2D eigenvalue weighted by atomic mass is 35.5. The van der Waals surface area contributed by atoms with Crippen LogP contribution in [0.2, 0.25) is 5.02 Å². The first-order valence-electron chi connectivity index (χ1n) is 8.05. The maximum absolute atomic E-state index is 11.9. The summed E-state index contributed by atoms with van der Waals surface area (Å²) in [7, 11) is 0. The van der Waals surface area contributed by atoms with Crippen LogP contribution < -0.4 is 16.2 Å². The van der Waals surface area contributed by atoms with Crippen LogP contribution in [0.1, 0.15) is 19.5 Å². The van der Waals surface area contributed by atoms with Gasteiger partial charge in [-0.3, -0.25) is 25.2 Å². The molecule has 3 amide bonds. The van der Waals surface area contributed by atoms with Crippen LogP contribution in [0.5, 0.6) is 0 Å². The molecule has 1 heterocycles. The van der Waals surface area contributed by atoms with Gasteiger partial charge in [-0.1, -0.05) is 25.4 Å². The number of nitrogens with one attached hydrogen (secondary N) is 3. The highest BCUT2D eigenvalue weighted by Gasteiger charge is 2.12. The summed E-state index contributed by atoms with van der Waals surface area (Å²) in [5.74, 6) is -0.852. The maximum atomic E-state index is 11.9. The Balaban J connectivity index is 1.71. The smallest absolute Gasteiger partial charge is 0.248 e. The number of thiazole rings is 1. The normalized spacial score (nSPS) is 10.5. The Morgan fingerprint density at radius 3 is 2.48 bits per heavy atom. The van der Waals surface area contributed by atoms with Crippen LogP contribution in [0.4, 0.5) is 5.13 Å². The van der Waals surface area contributed by atoms with Crippen molar-refractivity contribution in [3.05, 3.63) is 40.4 Å². The van der Waals surface area contributed by atoms with Crippen LogP contribution in [0.25, 0.3) is 0 Å². The van der Waals surface area contributed by atoms with Gasteiger partial charge >= 0.3 is 0 Å². The monoisotopic (exact) mass is 426 g/mol. The molecular formula is C17H19ClN4O3S2. The molecule has 0 spiro atoms. The number of benzene rings is 1. The third-order valence-corrected chi connectivity index (χ3v) is 5.24. The fourth-order valence-electron chi connectivity index (χ4n) is 1.76. The summed E-state index contributed by atoms with van der Waals surface area (Å²) in [6.07, 6.45) is -0.00133. The highest BCUT2D eigenvalue weighted by molar-refractivity contribution is 8.00. The van der Waals surface area contributed by atoms with Gasteiger partial charge in [-0.05, 0) is 24.3 Å². The van der Waals surface area contributed by atoms with Crippen LogP contribution >= 0.6 is 34.7 Å². The Morgan fingerprint density at radius 2 is 1.81 bits per heavy atom. The molecule has 2 aromatic rings. The van der Waals surface area contributed by atoms with E-state index in [1.54, 1.807) is 31.4 Å². The molecule has 0 aliphatic heterocycles. The van der Waals surface area contributed by atoms with E-state index in [2.05, 4.69) is 21.2 Å². The molecule has 0 aliphatic rings. The first-order chi connectivity index (χ1) is 12.8. The van der Waals surface area contributed by atoms with Gasteiger partial charge in [0.2, 0.25) is 17.7 Å². The van der Waals surface area contributed by atoms with Gasteiger partial charge in [-0.25, -0.2) is 4.98 Å². The summed E-state index contributed by atoms with van der Waals surface area (Å²) < 4.78 is 0. The Kier molecular flexibility index (Phi) is 8.08. The molecular weight excluding hydrogens is 408 g/mol. The second kappa shape index (κ2) is 10.3. The van der Waals surface area contributed by atoms with E-state index in [4.69, 9.17) is 11.6 Å². The summed E-state index contributed by atoms with van der Waals surface area (Å²) in [5, 5.41) is 5.44. The lowest BCUT2D eigenvalue weighted by Crippen LogP contribution is -2.43. The number of rotatable bonds is 7. The molecule has 0 aliphatic carbocycles. The van der Waals surface area contributed by atoms with Crippen molar-refractivity contribution in [2.45, 2.75) is 25.2 Å². The van der Waals surface area contributed by atoms with Gasteiger partial charge in [0.25, 0.3) is 0 Å². The van der Waals surface area contributed by atoms with Crippen LogP contribution in [0.15, 0.2) is 34.5 Å². The molecule has 2 rings (SSSR count). The van der Waals surface area contributed by atoms with Crippen molar-refractivity contribution in [1.29, 1.82) is 0 Å². The molecule has 0 radical (unpaired) electrons. The molecule has 0 saturated carbocycles. The zero-order valence-electron chi connectivity index (χ0n) is 14.7. The van der Waals surface area contributed by atoms with Crippen molar-refractivity contribution in [1.82, 2.24) is 15.8 Å². The third kappa shape index (κ3) is 7.58. The average Bonchev–Trinajstić information content (AvgIpc) is 3.06. The lowest BCUT2D eigenvalue weighted by Gasteiger charge is -2.06. The quantitative estimate of drug-likeness (QED) is 0.467. The largest absolute Gasteiger partial charge is 0.302 e. The Labute approximate surface area is 170 Å². The van der Waals surface area contributed by atoms with Gasteiger partial charge in [0, 0.05) is 21.2 Å². The maximum Gasteiger partial charge on any atom is 0.248 e. The van der Waals surface area contributed by atoms with Crippen molar-refractivity contribution in [3.63, 3.8) is 0 Å². The minimum Gasteiger partial charge on any atom is -0.302 e. The van der Waals surface area contributed by atoms with Gasteiger partial charge in [-0.15, -0.1) is 23.1 Å². The molecule has 10 heteroatoms. The number of carbonyl (C=O) groups excluding carboxylic acids is 3. The summed E-state index contributed by atoms with van der Waals surface area (Å²) in [5.41, 5.74) is 5.22. The number of hydrogen-bond donors (Lipinski definition) is 3. The summed E-state index contributed by atoms with van der Waals surface area (Å²) >= 11 is 8.38. The molecule has 1 aromatic carbocycles. The minimum atomic E-state index is -0.396. The molecule has 1 aromatic heterocycles. The van der Waals surface area contributed by atoms with E-state index in [1.807, 2.05) is 12.1 Å². The molecule has 3 N–H and O–H groups in total. The van der Waals surface area contributed by atoms with Crippen molar-refractivity contribution < 1.29 is 14.4 Å². The van der Waals surface area contributed by atoms with E-state index in [1.165, 1.54) is 23.1 Å². The van der Waals surface area contributed by atoms with Crippen molar-refractivity contribution in [2.24, 2.45) is 5.92 Å². The molecule has 144 valence electrons. The van der Waals surface area contributed by atoms with E-state index in [0.29, 0.717) is 15.8 Å². The number of aromatic nitrogens is 1. The number of amides is 3. The number of hydrogen-bond acceptors (Lipinski definition) is 6. The Hall–Kier alpha value is -2.10. The molecule has 0 saturated heterocycles. The number of anilines is 1. The first kappa shape index (κ1) is 21.2. The van der Waals surface area contributed by atoms with Gasteiger partial charge in [-0.2, -0.15) is 0 Å². The molecule has 7 nitrogen and oxygen atoms in total. The predicted octanol–water partition coefficient (Wildman–Crippen LogP) is 2.87. The average molecular weight is 427 g/mol. The standard InChI is InChI=1S/C17H19ClN4O3S2/c1-10(2)16(25)20-17-19-12(8-27-17)7-14(23)21-22-15(24)9-26-13-5-3-11(18)4-6-13/h3-6,8,10H,7,9H2,1-2H3,(H,21,23)(H,22,24)(H,19,20,25). The summed E-state index contributed by atoms with van der Waals surface area (Å²) in [6, 6.07) is 7.12. The molecule has 0 fully saturated rings. The van der Waals surface area contributed by atoms with Crippen LogP contribution in [-0.2, 0) is 20.8 Å². The van der Waals surface area contributed by atoms with Crippen molar-refractivity contribution in [3.8, 4) is 0 Å². The van der Waals surface area contributed by atoms with Gasteiger partial charge in [0.05, 0.1) is 17.9 Å². The molecule has 0 atom stereocenters. The zero-order valence-corrected chi connectivity index (χ0v) is 17.1. The fraction of sp³-hybridized carbons (Fsp3) is 0.294. The topological polar surface area (TPSA) is 100 Å². The van der Waals surface area contributed by atoms with E-state index < -0.39 is 5.91 Å². The van der Waals surface area contributed by atoms with Crippen molar-refractivity contribution in [2.75, 3.05) is 11.1 Å². The van der Waals surface area contributed by atoms with Gasteiger partial charge < -0.3 is 5.32 Å². The second-order valence-corrected chi connectivity index (χ2v) is 8.15. The van der Waals surface area contributed by atoms with E-state index >= 15 is 0 Å². The number of nitrogens with zero attached hydrogens (tertiary/aromatic N) is 1. The lowest BCUT2D eigenvalue weighted by atomic mass is 10.2.